The summed E-state index contributed by atoms with van der Waals surface area (Å²) in [6.45, 7) is 7.53. The second kappa shape index (κ2) is 7.90. The summed E-state index contributed by atoms with van der Waals surface area (Å²) < 4.78 is 0. The summed E-state index contributed by atoms with van der Waals surface area (Å²) >= 11 is 5.95. The molecule has 3 rings (SSSR count). The summed E-state index contributed by atoms with van der Waals surface area (Å²) in [7, 11) is 0. The van der Waals surface area contributed by atoms with E-state index >= 15 is 0 Å². The van der Waals surface area contributed by atoms with Crippen molar-refractivity contribution in [1.29, 1.82) is 0 Å². The molecule has 2 aromatic rings. The van der Waals surface area contributed by atoms with E-state index < -0.39 is 5.60 Å². The maximum absolute atomic E-state index is 10.9. The van der Waals surface area contributed by atoms with Crippen LogP contribution in [0, 0.1) is 5.92 Å². The van der Waals surface area contributed by atoms with Crippen LogP contribution >= 0.6 is 11.6 Å². The number of rotatable bonds is 5. The van der Waals surface area contributed by atoms with E-state index in [2.05, 4.69) is 24.0 Å². The lowest BCUT2D eigenvalue weighted by Crippen LogP contribution is -2.36. The van der Waals surface area contributed by atoms with Crippen molar-refractivity contribution in [2.24, 2.45) is 5.92 Å². The minimum absolute atomic E-state index is 0.746. The Kier molecular flexibility index (Phi) is 5.83. The third-order valence-corrected chi connectivity index (χ3v) is 5.73. The number of piperidine rings is 1. The van der Waals surface area contributed by atoms with Crippen molar-refractivity contribution in [2.75, 3.05) is 19.6 Å². The average molecular weight is 358 g/mol. The number of likely N-dealkylation sites (tertiary alicyclic amines) is 1. The molecule has 0 saturated carbocycles. The van der Waals surface area contributed by atoms with Gasteiger partial charge in [-0.25, -0.2) is 0 Å². The standard InChI is InChI=1S/C22H28ClNO/c1-17-11-14-24(15-12-17)16-13-22(2,25)20-7-3-18(4-8-20)19-5-9-21(23)10-6-19/h3-10,17,25H,11-16H2,1-2H3. The van der Waals surface area contributed by atoms with Gasteiger partial charge in [-0.1, -0.05) is 54.9 Å². The molecule has 0 radical (unpaired) electrons. The number of hydrogen-bond acceptors (Lipinski definition) is 2. The smallest absolute Gasteiger partial charge is 0.0880 e. The van der Waals surface area contributed by atoms with E-state index in [4.69, 9.17) is 11.6 Å². The van der Waals surface area contributed by atoms with Gasteiger partial charge >= 0.3 is 0 Å². The molecule has 0 bridgehead atoms. The maximum Gasteiger partial charge on any atom is 0.0880 e. The molecule has 134 valence electrons. The van der Waals surface area contributed by atoms with Crippen molar-refractivity contribution in [1.82, 2.24) is 4.90 Å². The van der Waals surface area contributed by atoms with Crippen LogP contribution in [0.3, 0.4) is 0 Å². The molecule has 2 nitrogen and oxygen atoms in total. The van der Waals surface area contributed by atoms with Crippen LogP contribution in [0.15, 0.2) is 48.5 Å². The summed E-state index contributed by atoms with van der Waals surface area (Å²) in [5.74, 6) is 0.845. The van der Waals surface area contributed by atoms with Gasteiger partial charge in [0.2, 0.25) is 0 Å². The summed E-state index contributed by atoms with van der Waals surface area (Å²) in [4.78, 5) is 2.48. The van der Waals surface area contributed by atoms with E-state index in [0.717, 1.165) is 53.7 Å². The summed E-state index contributed by atoms with van der Waals surface area (Å²) in [5.41, 5.74) is 2.47. The Hall–Kier alpha value is -1.35. The first-order valence-electron chi connectivity index (χ1n) is 9.25. The molecule has 1 unspecified atom stereocenters. The fourth-order valence-electron chi connectivity index (χ4n) is 3.47. The molecule has 3 heteroatoms. The summed E-state index contributed by atoms with van der Waals surface area (Å²) in [6.07, 6.45) is 3.32. The Morgan fingerprint density at radius 3 is 2.08 bits per heavy atom. The van der Waals surface area contributed by atoms with Gasteiger partial charge in [-0.2, -0.15) is 0 Å². The van der Waals surface area contributed by atoms with Crippen molar-refractivity contribution in [3.8, 4) is 11.1 Å². The Bertz CT molecular complexity index is 670. The quantitative estimate of drug-likeness (QED) is 0.781. The zero-order valence-corrected chi connectivity index (χ0v) is 16.0. The van der Waals surface area contributed by atoms with Gasteiger partial charge in [-0.3, -0.25) is 0 Å². The lowest BCUT2D eigenvalue weighted by Gasteiger charge is -2.33. The Labute approximate surface area is 156 Å². The number of benzene rings is 2. The van der Waals surface area contributed by atoms with Gasteiger partial charge in [0, 0.05) is 11.6 Å². The van der Waals surface area contributed by atoms with Gasteiger partial charge in [0.15, 0.2) is 0 Å². The predicted molar refractivity (Wildman–Crippen MR) is 106 cm³/mol. The van der Waals surface area contributed by atoms with Crippen molar-refractivity contribution in [3.05, 3.63) is 59.1 Å². The van der Waals surface area contributed by atoms with Crippen LogP contribution in [0.1, 0.15) is 38.7 Å². The van der Waals surface area contributed by atoms with Crippen LogP contribution in [-0.4, -0.2) is 29.6 Å². The van der Waals surface area contributed by atoms with Crippen LogP contribution in [0.25, 0.3) is 11.1 Å². The molecule has 1 aliphatic rings. The molecular formula is C22H28ClNO. The Balaban J connectivity index is 1.62. The number of halogens is 1. The molecule has 1 saturated heterocycles. The maximum atomic E-state index is 10.9. The highest BCUT2D eigenvalue weighted by atomic mass is 35.5. The molecule has 25 heavy (non-hydrogen) atoms. The highest BCUT2D eigenvalue weighted by Gasteiger charge is 2.25. The normalized spacial score (nSPS) is 18.9. The molecular weight excluding hydrogens is 330 g/mol. The Morgan fingerprint density at radius 2 is 1.52 bits per heavy atom. The zero-order valence-electron chi connectivity index (χ0n) is 15.2. The van der Waals surface area contributed by atoms with Crippen LogP contribution in [0.5, 0.6) is 0 Å². The van der Waals surface area contributed by atoms with E-state index in [1.165, 1.54) is 12.8 Å². The lowest BCUT2D eigenvalue weighted by atomic mass is 9.90. The zero-order chi connectivity index (χ0) is 17.9. The fourth-order valence-corrected chi connectivity index (χ4v) is 3.60. The molecule has 1 aliphatic heterocycles. The van der Waals surface area contributed by atoms with Crippen molar-refractivity contribution in [3.63, 3.8) is 0 Å². The third-order valence-electron chi connectivity index (χ3n) is 5.48. The van der Waals surface area contributed by atoms with Crippen LogP contribution in [-0.2, 0) is 5.60 Å². The first-order chi connectivity index (χ1) is 11.9. The third kappa shape index (κ3) is 4.84. The first kappa shape index (κ1) is 18.4. The number of aliphatic hydroxyl groups is 1. The molecule has 0 aromatic heterocycles. The molecule has 0 amide bonds. The van der Waals surface area contributed by atoms with E-state index in [1.54, 1.807) is 0 Å². The monoisotopic (exact) mass is 357 g/mol. The van der Waals surface area contributed by atoms with Crippen molar-refractivity contribution in [2.45, 2.75) is 38.7 Å². The van der Waals surface area contributed by atoms with Crippen molar-refractivity contribution >= 4 is 11.6 Å². The predicted octanol–water partition coefficient (Wildman–Crippen LogP) is 5.34. The van der Waals surface area contributed by atoms with Gasteiger partial charge in [0.05, 0.1) is 5.60 Å². The second-order valence-corrected chi connectivity index (χ2v) is 8.07. The SMILES string of the molecule is CC1CCN(CCC(C)(O)c2ccc(-c3ccc(Cl)cc3)cc2)CC1. The average Bonchev–Trinajstić information content (AvgIpc) is 2.62. The van der Waals surface area contributed by atoms with E-state index in [0.29, 0.717) is 0 Å². The minimum atomic E-state index is -0.790. The largest absolute Gasteiger partial charge is 0.385 e. The molecule has 2 aromatic carbocycles. The molecule has 1 heterocycles. The van der Waals surface area contributed by atoms with E-state index in [1.807, 2.05) is 43.3 Å². The molecule has 0 spiro atoms. The second-order valence-electron chi connectivity index (χ2n) is 7.63. The number of hydrogen-bond donors (Lipinski definition) is 1. The first-order valence-corrected chi connectivity index (χ1v) is 9.63. The molecule has 1 atom stereocenters. The topological polar surface area (TPSA) is 23.5 Å². The van der Waals surface area contributed by atoms with Gasteiger partial charge < -0.3 is 10.0 Å². The van der Waals surface area contributed by atoms with Gasteiger partial charge in [0.25, 0.3) is 0 Å². The van der Waals surface area contributed by atoms with Gasteiger partial charge in [0.1, 0.15) is 0 Å². The number of nitrogens with zero attached hydrogens (tertiary/aromatic N) is 1. The minimum Gasteiger partial charge on any atom is -0.385 e. The summed E-state index contributed by atoms with van der Waals surface area (Å²) in [5, 5.41) is 11.7. The van der Waals surface area contributed by atoms with Crippen LogP contribution in [0.4, 0.5) is 0 Å². The molecule has 1 N–H and O–H groups in total. The van der Waals surface area contributed by atoms with Crippen LogP contribution < -0.4 is 0 Å². The molecule has 0 aliphatic carbocycles. The van der Waals surface area contributed by atoms with Crippen LogP contribution in [0.2, 0.25) is 5.02 Å². The lowest BCUT2D eigenvalue weighted by molar-refractivity contribution is 0.0320. The van der Waals surface area contributed by atoms with Crippen molar-refractivity contribution < 1.29 is 5.11 Å². The van der Waals surface area contributed by atoms with E-state index in [-0.39, 0.29) is 0 Å². The highest BCUT2D eigenvalue weighted by Crippen LogP contribution is 2.29. The van der Waals surface area contributed by atoms with Gasteiger partial charge in [-0.05, 0) is 74.0 Å². The fraction of sp³-hybridized carbons (Fsp3) is 0.455. The highest BCUT2D eigenvalue weighted by molar-refractivity contribution is 6.30. The molecule has 1 fully saturated rings. The summed E-state index contributed by atoms with van der Waals surface area (Å²) in [6, 6.07) is 16.1. The van der Waals surface area contributed by atoms with Gasteiger partial charge in [-0.15, -0.1) is 0 Å². The van der Waals surface area contributed by atoms with E-state index in [9.17, 15) is 5.11 Å². The Morgan fingerprint density at radius 1 is 1.00 bits per heavy atom.